The molecule has 0 radical (unpaired) electrons. The van der Waals surface area contributed by atoms with Crippen molar-refractivity contribution in [1.29, 1.82) is 0 Å². The van der Waals surface area contributed by atoms with Gasteiger partial charge in [0.15, 0.2) is 0 Å². The second-order valence-electron chi connectivity index (χ2n) is 6.97. The molecule has 0 aliphatic heterocycles. The van der Waals surface area contributed by atoms with Crippen LogP contribution >= 0.6 is 23.2 Å². The summed E-state index contributed by atoms with van der Waals surface area (Å²) in [4.78, 5) is 23.6. The van der Waals surface area contributed by atoms with Gasteiger partial charge in [0.1, 0.15) is 10.8 Å². The summed E-state index contributed by atoms with van der Waals surface area (Å²) in [6.45, 7) is 0.0796. The molecule has 0 spiro atoms. The molecule has 0 aliphatic carbocycles. The number of aryl methyl sites for hydroxylation is 1. The third-order valence-electron chi connectivity index (χ3n) is 4.82. The lowest BCUT2D eigenvalue weighted by Gasteiger charge is -2.13. The number of hydrogen-bond donors (Lipinski definition) is 1. The zero-order chi connectivity index (χ0) is 24.3. The molecule has 3 rings (SSSR count). The van der Waals surface area contributed by atoms with Gasteiger partial charge in [-0.05, 0) is 48.4 Å². The van der Waals surface area contributed by atoms with Crippen LogP contribution in [0.1, 0.15) is 32.7 Å². The number of benzene rings is 2. The maximum Gasteiger partial charge on any atom is 0.419 e. The van der Waals surface area contributed by atoms with Crippen LogP contribution in [0.2, 0.25) is 10.0 Å². The summed E-state index contributed by atoms with van der Waals surface area (Å²) >= 11 is 12.2. The molecule has 0 aliphatic rings. The van der Waals surface area contributed by atoms with Crippen molar-refractivity contribution in [2.24, 2.45) is 0 Å². The Morgan fingerprint density at radius 2 is 1.70 bits per heavy atom. The van der Waals surface area contributed by atoms with E-state index in [0.717, 1.165) is 23.8 Å². The molecule has 10 heteroatoms. The molecule has 0 amide bonds. The van der Waals surface area contributed by atoms with E-state index in [1.807, 2.05) is 0 Å². The average Bonchev–Trinajstić information content (AvgIpc) is 2.75. The molecule has 33 heavy (non-hydrogen) atoms. The Morgan fingerprint density at radius 1 is 1.03 bits per heavy atom. The molecule has 0 unspecified atom stereocenters. The minimum atomic E-state index is -4.86. The molecule has 0 saturated carbocycles. The third-order valence-corrected chi connectivity index (χ3v) is 5.39. The highest BCUT2D eigenvalue weighted by molar-refractivity contribution is 6.35. The highest BCUT2D eigenvalue weighted by Crippen LogP contribution is 2.33. The van der Waals surface area contributed by atoms with Gasteiger partial charge in [0.05, 0.1) is 21.8 Å². The van der Waals surface area contributed by atoms with E-state index < -0.39 is 29.1 Å². The number of carbonyl (C=O) groups is 1. The van der Waals surface area contributed by atoms with Gasteiger partial charge < -0.3 is 9.67 Å². The molecule has 4 nitrogen and oxygen atoms in total. The van der Waals surface area contributed by atoms with Gasteiger partial charge in [-0.15, -0.1) is 0 Å². The molecule has 0 fully saturated rings. The standard InChI is InChI=1S/C23H15Cl2F4NO3/c24-17-12-18(25)21(31)30(11-10-13-4-6-15(7-5-13)22(32)33)19(17)9-8-14-2-1-3-16(20(14)26)23(27,28)29/h1-9,12H,10-11H2,(H,32,33). The number of aromatic carboxylic acids is 1. The van der Waals surface area contributed by atoms with Crippen molar-refractivity contribution >= 4 is 41.3 Å². The molecular formula is C23H15Cl2F4NO3. The molecule has 0 saturated heterocycles. The van der Waals surface area contributed by atoms with Crippen molar-refractivity contribution in [3.05, 3.63) is 103 Å². The molecule has 0 bridgehead atoms. The van der Waals surface area contributed by atoms with Crippen LogP contribution in [0.25, 0.3) is 12.2 Å². The zero-order valence-electron chi connectivity index (χ0n) is 16.7. The predicted octanol–water partition coefficient (Wildman–Crippen LogP) is 6.42. The fourth-order valence-corrected chi connectivity index (χ4v) is 3.67. The summed E-state index contributed by atoms with van der Waals surface area (Å²) in [7, 11) is 0. The summed E-state index contributed by atoms with van der Waals surface area (Å²) < 4.78 is 54.5. The molecule has 2 aromatic carbocycles. The van der Waals surface area contributed by atoms with Crippen LogP contribution in [-0.4, -0.2) is 15.6 Å². The van der Waals surface area contributed by atoms with Crippen LogP contribution in [0, 0.1) is 5.82 Å². The van der Waals surface area contributed by atoms with E-state index in [0.29, 0.717) is 12.5 Å². The number of alkyl halides is 3. The van der Waals surface area contributed by atoms with Gasteiger partial charge in [-0.25, -0.2) is 9.18 Å². The smallest absolute Gasteiger partial charge is 0.419 e. The van der Waals surface area contributed by atoms with Gasteiger partial charge >= 0.3 is 12.1 Å². The van der Waals surface area contributed by atoms with E-state index in [9.17, 15) is 27.2 Å². The van der Waals surface area contributed by atoms with Gasteiger partial charge in [0.2, 0.25) is 0 Å². The van der Waals surface area contributed by atoms with Gasteiger partial charge in [-0.3, -0.25) is 4.79 Å². The minimum Gasteiger partial charge on any atom is -0.478 e. The summed E-state index contributed by atoms with van der Waals surface area (Å²) in [6, 6.07) is 10.1. The van der Waals surface area contributed by atoms with E-state index in [4.69, 9.17) is 28.3 Å². The summed E-state index contributed by atoms with van der Waals surface area (Å²) in [5.41, 5.74) is -1.37. The Balaban J connectivity index is 1.96. The lowest BCUT2D eigenvalue weighted by atomic mass is 10.1. The van der Waals surface area contributed by atoms with E-state index in [1.165, 1.54) is 28.8 Å². The maximum atomic E-state index is 14.3. The van der Waals surface area contributed by atoms with Crippen LogP contribution in [-0.2, 0) is 19.1 Å². The molecule has 172 valence electrons. The molecule has 0 atom stereocenters. The zero-order valence-corrected chi connectivity index (χ0v) is 18.2. The number of hydrogen-bond acceptors (Lipinski definition) is 2. The van der Waals surface area contributed by atoms with Crippen LogP contribution in [0.5, 0.6) is 0 Å². The predicted molar refractivity (Wildman–Crippen MR) is 118 cm³/mol. The highest BCUT2D eigenvalue weighted by Gasteiger charge is 2.34. The quantitative estimate of drug-likeness (QED) is 0.398. The molecule has 1 aromatic heterocycles. The normalized spacial score (nSPS) is 11.8. The van der Waals surface area contributed by atoms with Gasteiger partial charge in [0, 0.05) is 12.1 Å². The first kappa shape index (κ1) is 24.5. The van der Waals surface area contributed by atoms with Crippen molar-refractivity contribution in [3.8, 4) is 0 Å². The van der Waals surface area contributed by atoms with Crippen molar-refractivity contribution in [2.45, 2.75) is 19.1 Å². The van der Waals surface area contributed by atoms with E-state index in [1.54, 1.807) is 12.1 Å². The van der Waals surface area contributed by atoms with Gasteiger partial charge in [0.25, 0.3) is 5.56 Å². The molecule has 3 aromatic rings. The van der Waals surface area contributed by atoms with Crippen molar-refractivity contribution < 1.29 is 27.5 Å². The first-order valence-corrected chi connectivity index (χ1v) is 10.2. The summed E-state index contributed by atoms with van der Waals surface area (Å²) in [6.07, 6.45) is -2.22. The van der Waals surface area contributed by atoms with E-state index in [2.05, 4.69) is 0 Å². The Labute approximate surface area is 195 Å². The summed E-state index contributed by atoms with van der Waals surface area (Å²) in [5, 5.41) is 8.86. The maximum absolute atomic E-state index is 14.3. The lowest BCUT2D eigenvalue weighted by Crippen LogP contribution is -2.24. The fourth-order valence-electron chi connectivity index (χ4n) is 3.13. The highest BCUT2D eigenvalue weighted by atomic mass is 35.5. The average molecular weight is 500 g/mol. The number of carboxylic acids is 1. The number of carboxylic acid groups (broad SMARTS) is 1. The number of aromatic nitrogens is 1. The Bertz CT molecular complexity index is 1280. The number of nitrogens with zero attached hydrogens (tertiary/aromatic N) is 1. The third kappa shape index (κ3) is 5.64. The largest absolute Gasteiger partial charge is 0.478 e. The summed E-state index contributed by atoms with van der Waals surface area (Å²) in [5.74, 6) is -2.52. The lowest BCUT2D eigenvalue weighted by molar-refractivity contribution is -0.140. The minimum absolute atomic E-state index is 0.0458. The van der Waals surface area contributed by atoms with Crippen LogP contribution in [0.3, 0.4) is 0 Å². The second-order valence-corrected chi connectivity index (χ2v) is 7.79. The van der Waals surface area contributed by atoms with E-state index in [-0.39, 0.29) is 33.4 Å². The van der Waals surface area contributed by atoms with Crippen molar-refractivity contribution in [1.82, 2.24) is 4.57 Å². The Kier molecular flexibility index (Phi) is 7.29. The first-order valence-electron chi connectivity index (χ1n) is 9.44. The second kappa shape index (κ2) is 9.80. The molecular weight excluding hydrogens is 485 g/mol. The Morgan fingerprint density at radius 3 is 2.30 bits per heavy atom. The topological polar surface area (TPSA) is 59.3 Å². The monoisotopic (exact) mass is 499 g/mol. The first-order chi connectivity index (χ1) is 15.5. The number of pyridine rings is 1. The van der Waals surface area contributed by atoms with Crippen LogP contribution in [0.4, 0.5) is 17.6 Å². The van der Waals surface area contributed by atoms with Gasteiger partial charge in [-0.2, -0.15) is 13.2 Å². The van der Waals surface area contributed by atoms with Crippen LogP contribution in [0.15, 0.2) is 53.3 Å². The molecule has 1 N–H and O–H groups in total. The Hall–Kier alpha value is -3.10. The van der Waals surface area contributed by atoms with E-state index >= 15 is 0 Å². The van der Waals surface area contributed by atoms with Crippen LogP contribution < -0.4 is 5.56 Å². The van der Waals surface area contributed by atoms with Crippen molar-refractivity contribution in [2.75, 3.05) is 0 Å². The number of rotatable bonds is 6. The fraction of sp³-hybridized carbons (Fsp3) is 0.130. The molecule has 1 heterocycles. The SMILES string of the molecule is O=C(O)c1ccc(CCn2c(C=Cc3cccc(C(F)(F)F)c3F)c(Cl)cc(Cl)c2=O)cc1. The van der Waals surface area contributed by atoms with Crippen molar-refractivity contribution in [3.63, 3.8) is 0 Å². The van der Waals surface area contributed by atoms with Gasteiger partial charge in [-0.1, -0.05) is 47.5 Å². The number of halogens is 6.